The van der Waals surface area contributed by atoms with Crippen molar-refractivity contribution in [3.8, 4) is 0 Å². The van der Waals surface area contributed by atoms with E-state index in [1.54, 1.807) is 17.9 Å². The third kappa shape index (κ3) is 5.04. The van der Waals surface area contributed by atoms with E-state index in [-0.39, 0.29) is 18.1 Å². The maximum Gasteiger partial charge on any atom is 0.317 e. The van der Waals surface area contributed by atoms with Crippen molar-refractivity contribution in [2.45, 2.75) is 32.3 Å². The normalized spacial score (nSPS) is 19.8. The zero-order valence-corrected chi connectivity index (χ0v) is 14.2. The average molecular weight is 345 g/mol. The first kappa shape index (κ1) is 17.4. The second kappa shape index (κ2) is 8.04. The molecule has 1 aromatic rings. The van der Waals surface area contributed by atoms with E-state index in [2.05, 4.69) is 5.32 Å². The van der Waals surface area contributed by atoms with E-state index in [9.17, 15) is 9.90 Å². The van der Waals surface area contributed by atoms with Gasteiger partial charge in [-0.15, -0.1) is 0 Å². The highest BCUT2D eigenvalue weighted by molar-refractivity contribution is 6.34. The summed E-state index contributed by atoms with van der Waals surface area (Å²) < 4.78 is 0. The Labute approximate surface area is 141 Å². The minimum Gasteiger partial charge on any atom is -0.393 e. The number of aliphatic hydroxyl groups excluding tert-OH is 1. The van der Waals surface area contributed by atoms with Crippen LogP contribution >= 0.6 is 23.2 Å². The molecule has 1 fully saturated rings. The summed E-state index contributed by atoms with van der Waals surface area (Å²) in [5.74, 6) is 0.172. The number of amides is 2. The molecule has 2 rings (SSSR count). The Bertz CT molecular complexity index is 503. The van der Waals surface area contributed by atoms with E-state index >= 15 is 0 Å². The molecule has 1 aliphatic heterocycles. The minimum atomic E-state index is -0.371. The van der Waals surface area contributed by atoms with Gasteiger partial charge >= 0.3 is 6.03 Å². The van der Waals surface area contributed by atoms with Gasteiger partial charge in [0.2, 0.25) is 0 Å². The SMILES string of the molecule is C[C@H](O)[C@@H]1CCCN(C(=O)NCCc2cc(Cl)cc(Cl)c2)C1. The average Bonchev–Trinajstić information content (AvgIpc) is 2.46. The Morgan fingerprint density at radius 3 is 2.73 bits per heavy atom. The van der Waals surface area contributed by atoms with Crippen LogP contribution in [0.1, 0.15) is 25.3 Å². The fourth-order valence-corrected chi connectivity index (χ4v) is 3.34. The molecule has 22 heavy (non-hydrogen) atoms. The van der Waals surface area contributed by atoms with Gasteiger partial charge in [0, 0.05) is 35.6 Å². The number of likely N-dealkylation sites (tertiary alicyclic amines) is 1. The van der Waals surface area contributed by atoms with Crippen LogP contribution in [0.2, 0.25) is 10.0 Å². The molecule has 1 saturated heterocycles. The van der Waals surface area contributed by atoms with E-state index in [1.165, 1.54) is 0 Å². The molecule has 1 heterocycles. The van der Waals surface area contributed by atoms with Crippen LogP contribution < -0.4 is 5.32 Å². The predicted molar refractivity (Wildman–Crippen MR) is 89.5 cm³/mol. The lowest BCUT2D eigenvalue weighted by Gasteiger charge is -2.34. The summed E-state index contributed by atoms with van der Waals surface area (Å²) in [6, 6.07) is 5.32. The second-order valence-corrected chi connectivity index (χ2v) is 6.72. The molecule has 0 unspecified atom stereocenters. The van der Waals surface area contributed by atoms with Gasteiger partial charge in [0.15, 0.2) is 0 Å². The van der Waals surface area contributed by atoms with Gasteiger partial charge < -0.3 is 15.3 Å². The smallest absolute Gasteiger partial charge is 0.317 e. The third-order valence-corrected chi connectivity index (χ3v) is 4.48. The number of carbonyl (C=O) groups excluding carboxylic acids is 1. The van der Waals surface area contributed by atoms with Crippen molar-refractivity contribution in [2.24, 2.45) is 5.92 Å². The highest BCUT2D eigenvalue weighted by atomic mass is 35.5. The molecule has 0 saturated carbocycles. The van der Waals surface area contributed by atoms with Crippen LogP contribution in [0.25, 0.3) is 0 Å². The fraction of sp³-hybridized carbons (Fsp3) is 0.562. The van der Waals surface area contributed by atoms with Crippen LogP contribution in [0.3, 0.4) is 0 Å². The summed E-state index contributed by atoms with van der Waals surface area (Å²) in [5.41, 5.74) is 0.998. The van der Waals surface area contributed by atoms with Crippen LogP contribution in [0.5, 0.6) is 0 Å². The lowest BCUT2D eigenvalue weighted by Crippen LogP contribution is -2.47. The Kier molecular flexibility index (Phi) is 6.36. The van der Waals surface area contributed by atoms with Gasteiger partial charge in [-0.2, -0.15) is 0 Å². The molecule has 2 N–H and O–H groups in total. The number of urea groups is 1. The molecule has 2 atom stereocenters. The number of aliphatic hydroxyl groups is 1. The molecule has 6 heteroatoms. The molecule has 0 spiro atoms. The highest BCUT2D eigenvalue weighted by Gasteiger charge is 2.26. The van der Waals surface area contributed by atoms with Crippen LogP contribution in [0, 0.1) is 5.92 Å². The number of nitrogens with zero attached hydrogens (tertiary/aromatic N) is 1. The summed E-state index contributed by atoms with van der Waals surface area (Å²) in [7, 11) is 0. The largest absolute Gasteiger partial charge is 0.393 e. The Balaban J connectivity index is 1.80. The summed E-state index contributed by atoms with van der Waals surface area (Å²) >= 11 is 11.9. The molecule has 1 aromatic carbocycles. The summed E-state index contributed by atoms with van der Waals surface area (Å²) in [6.45, 7) is 3.69. The van der Waals surface area contributed by atoms with Gasteiger partial charge in [-0.1, -0.05) is 23.2 Å². The number of benzene rings is 1. The van der Waals surface area contributed by atoms with Crippen LogP contribution in [-0.2, 0) is 6.42 Å². The molecule has 122 valence electrons. The standard InChI is InChI=1S/C16H22Cl2N2O2/c1-11(21)13-3-2-6-20(10-13)16(22)19-5-4-12-7-14(17)9-15(18)8-12/h7-9,11,13,21H,2-6,10H2,1H3,(H,19,22)/t11-,13+/m0/s1. The molecular weight excluding hydrogens is 323 g/mol. The van der Waals surface area contributed by atoms with Crippen molar-refractivity contribution in [3.63, 3.8) is 0 Å². The predicted octanol–water partition coefficient (Wildman–Crippen LogP) is 3.34. The first-order chi connectivity index (χ1) is 10.5. The van der Waals surface area contributed by atoms with Crippen molar-refractivity contribution >= 4 is 29.2 Å². The number of piperidine rings is 1. The summed E-state index contributed by atoms with van der Waals surface area (Å²) in [5, 5.41) is 13.8. The molecular formula is C16H22Cl2N2O2. The summed E-state index contributed by atoms with van der Waals surface area (Å²) in [6.07, 6.45) is 2.22. The topological polar surface area (TPSA) is 52.6 Å². The number of halogens is 2. The molecule has 0 radical (unpaired) electrons. The maximum atomic E-state index is 12.2. The van der Waals surface area contributed by atoms with Gasteiger partial charge in [-0.3, -0.25) is 0 Å². The number of hydrogen-bond acceptors (Lipinski definition) is 2. The second-order valence-electron chi connectivity index (χ2n) is 5.85. The number of nitrogens with one attached hydrogen (secondary N) is 1. The lowest BCUT2D eigenvalue weighted by molar-refractivity contribution is 0.0740. The van der Waals surface area contributed by atoms with E-state index in [1.807, 2.05) is 12.1 Å². The molecule has 0 aliphatic carbocycles. The van der Waals surface area contributed by atoms with Gasteiger partial charge in [0.25, 0.3) is 0 Å². The van der Waals surface area contributed by atoms with Crippen molar-refractivity contribution in [1.29, 1.82) is 0 Å². The number of hydrogen-bond donors (Lipinski definition) is 2. The van der Waals surface area contributed by atoms with Crippen molar-refractivity contribution < 1.29 is 9.90 Å². The lowest BCUT2D eigenvalue weighted by atomic mass is 9.94. The van der Waals surface area contributed by atoms with Gasteiger partial charge in [0.05, 0.1) is 6.10 Å². The van der Waals surface area contributed by atoms with Crippen LogP contribution in [0.4, 0.5) is 4.79 Å². The third-order valence-electron chi connectivity index (χ3n) is 4.04. The zero-order chi connectivity index (χ0) is 16.1. The molecule has 1 aliphatic rings. The molecule has 0 bridgehead atoms. The van der Waals surface area contributed by atoms with E-state index < -0.39 is 0 Å². The minimum absolute atomic E-state index is 0.0709. The Morgan fingerprint density at radius 1 is 1.41 bits per heavy atom. The fourth-order valence-electron chi connectivity index (χ4n) is 2.77. The Hall–Kier alpha value is -0.970. The number of rotatable bonds is 4. The first-order valence-corrected chi connectivity index (χ1v) is 8.37. The van der Waals surface area contributed by atoms with Crippen LogP contribution in [-0.4, -0.2) is 41.8 Å². The molecule has 2 amide bonds. The van der Waals surface area contributed by atoms with Crippen molar-refractivity contribution in [2.75, 3.05) is 19.6 Å². The molecule has 0 aromatic heterocycles. The van der Waals surface area contributed by atoms with E-state index in [4.69, 9.17) is 23.2 Å². The number of carbonyl (C=O) groups is 1. The highest BCUT2D eigenvalue weighted by Crippen LogP contribution is 2.20. The first-order valence-electron chi connectivity index (χ1n) is 7.61. The van der Waals surface area contributed by atoms with Crippen molar-refractivity contribution in [3.05, 3.63) is 33.8 Å². The zero-order valence-electron chi connectivity index (χ0n) is 12.7. The van der Waals surface area contributed by atoms with E-state index in [0.29, 0.717) is 29.6 Å². The summed E-state index contributed by atoms with van der Waals surface area (Å²) in [4.78, 5) is 14.0. The van der Waals surface area contributed by atoms with E-state index in [0.717, 1.165) is 24.9 Å². The van der Waals surface area contributed by atoms with Crippen LogP contribution in [0.15, 0.2) is 18.2 Å². The van der Waals surface area contributed by atoms with Gasteiger partial charge in [0.1, 0.15) is 0 Å². The quantitative estimate of drug-likeness (QED) is 0.879. The Morgan fingerprint density at radius 2 is 2.09 bits per heavy atom. The van der Waals surface area contributed by atoms with Gasteiger partial charge in [-0.25, -0.2) is 4.79 Å². The van der Waals surface area contributed by atoms with Crippen molar-refractivity contribution in [1.82, 2.24) is 10.2 Å². The monoisotopic (exact) mass is 344 g/mol. The van der Waals surface area contributed by atoms with Gasteiger partial charge in [-0.05, 0) is 49.9 Å². The maximum absolute atomic E-state index is 12.2. The molecule has 4 nitrogen and oxygen atoms in total.